The van der Waals surface area contributed by atoms with Crippen LogP contribution >= 0.6 is 11.3 Å². The third-order valence-corrected chi connectivity index (χ3v) is 5.79. The fourth-order valence-electron chi connectivity index (χ4n) is 2.65. The van der Waals surface area contributed by atoms with Crippen molar-refractivity contribution >= 4 is 28.0 Å². The molecule has 22 heavy (non-hydrogen) atoms. The van der Waals surface area contributed by atoms with Gasteiger partial charge in [0.1, 0.15) is 5.75 Å². The number of carbonyl (C=O) groups excluding carboxylic acids is 1. The second-order valence-electron chi connectivity index (χ2n) is 5.53. The minimum atomic E-state index is -1.13. The maximum absolute atomic E-state index is 12.2. The zero-order chi connectivity index (χ0) is 15.4. The van der Waals surface area contributed by atoms with Gasteiger partial charge >= 0.3 is 0 Å². The molecule has 0 bridgehead atoms. The molecule has 2 aromatic rings. The molecule has 5 heteroatoms. The summed E-state index contributed by atoms with van der Waals surface area (Å²) in [6, 6.07) is 10.2. The van der Waals surface area contributed by atoms with Crippen LogP contribution < -0.4 is 0 Å². The molecule has 116 valence electrons. The second kappa shape index (κ2) is 7.20. The summed E-state index contributed by atoms with van der Waals surface area (Å²) < 4.78 is 12.2. The highest BCUT2D eigenvalue weighted by molar-refractivity contribution is 7.84. The van der Waals surface area contributed by atoms with Gasteiger partial charge in [-0.05, 0) is 46.4 Å². The molecular weight excluding hydrogens is 314 g/mol. The highest BCUT2D eigenvalue weighted by Crippen LogP contribution is 2.22. The van der Waals surface area contributed by atoms with E-state index in [9.17, 15) is 9.00 Å². The first-order chi connectivity index (χ1) is 10.7. The quantitative estimate of drug-likeness (QED) is 0.842. The van der Waals surface area contributed by atoms with E-state index in [-0.39, 0.29) is 11.7 Å². The van der Waals surface area contributed by atoms with Gasteiger partial charge in [0.2, 0.25) is 5.91 Å². The molecule has 1 aliphatic heterocycles. The predicted molar refractivity (Wildman–Crippen MR) is 92.3 cm³/mol. The lowest BCUT2D eigenvalue weighted by Gasteiger charge is -2.14. The molecule has 2 heterocycles. The average Bonchev–Trinajstić information content (AvgIpc) is 3.21. The Morgan fingerprint density at radius 2 is 1.82 bits per heavy atom. The monoisotopic (exact) mass is 333 g/mol. The zero-order valence-electron chi connectivity index (χ0n) is 12.4. The Bertz CT molecular complexity index is 644. The first-order valence-electron chi connectivity index (χ1n) is 7.46. The standard InChI is InChI=1S/C17H19NO2S2/c19-17(18-8-1-2-9-18)13-22(20)12-14-3-5-15(6-4-14)16-7-10-21-11-16/h3-7,10-11H,1-2,8-9,12-13H2. The van der Waals surface area contributed by atoms with Crippen LogP contribution in [0.3, 0.4) is 0 Å². The second-order valence-corrected chi connectivity index (χ2v) is 7.76. The smallest absolute Gasteiger partial charge is 0.235 e. The molecule has 1 aromatic heterocycles. The fourth-order valence-corrected chi connectivity index (χ4v) is 4.44. The van der Waals surface area contributed by atoms with Gasteiger partial charge < -0.3 is 4.90 Å². The number of hydrogen-bond acceptors (Lipinski definition) is 3. The van der Waals surface area contributed by atoms with Crippen LogP contribution in [-0.4, -0.2) is 33.9 Å². The predicted octanol–water partition coefficient (Wildman–Crippen LogP) is 3.29. The van der Waals surface area contributed by atoms with Gasteiger partial charge in [-0.2, -0.15) is 11.3 Å². The lowest BCUT2D eigenvalue weighted by Crippen LogP contribution is -2.31. The summed E-state index contributed by atoms with van der Waals surface area (Å²) in [5.41, 5.74) is 3.40. The summed E-state index contributed by atoms with van der Waals surface area (Å²) >= 11 is 1.68. The fraction of sp³-hybridized carbons (Fsp3) is 0.353. The van der Waals surface area contributed by atoms with Crippen LogP contribution in [0.15, 0.2) is 41.1 Å². The Morgan fingerprint density at radius 3 is 2.45 bits per heavy atom. The molecule has 0 aliphatic carbocycles. The number of amides is 1. The van der Waals surface area contributed by atoms with Crippen molar-refractivity contribution in [2.24, 2.45) is 0 Å². The molecule has 3 nitrogen and oxygen atoms in total. The van der Waals surface area contributed by atoms with E-state index in [0.717, 1.165) is 31.5 Å². The lowest BCUT2D eigenvalue weighted by atomic mass is 10.1. The van der Waals surface area contributed by atoms with E-state index in [2.05, 4.69) is 29.0 Å². The van der Waals surface area contributed by atoms with Crippen molar-refractivity contribution in [2.75, 3.05) is 18.8 Å². The van der Waals surface area contributed by atoms with Gasteiger partial charge in [0.25, 0.3) is 0 Å². The topological polar surface area (TPSA) is 37.4 Å². The summed E-state index contributed by atoms with van der Waals surface area (Å²) in [6.45, 7) is 1.65. The lowest BCUT2D eigenvalue weighted by molar-refractivity contribution is -0.127. The van der Waals surface area contributed by atoms with Gasteiger partial charge in [-0.25, -0.2) is 0 Å². The molecule has 1 aliphatic rings. The molecule has 3 rings (SSSR count). The average molecular weight is 333 g/mol. The van der Waals surface area contributed by atoms with E-state index in [4.69, 9.17) is 0 Å². The van der Waals surface area contributed by atoms with Crippen LogP contribution in [0.4, 0.5) is 0 Å². The van der Waals surface area contributed by atoms with E-state index in [0.29, 0.717) is 5.75 Å². The number of benzene rings is 1. The summed E-state index contributed by atoms with van der Waals surface area (Å²) in [7, 11) is -1.13. The number of nitrogens with zero attached hydrogens (tertiary/aromatic N) is 1. The molecule has 1 fully saturated rings. The Morgan fingerprint density at radius 1 is 1.09 bits per heavy atom. The Kier molecular flexibility index (Phi) is 5.05. The largest absolute Gasteiger partial charge is 0.342 e. The van der Waals surface area contributed by atoms with Crippen LogP contribution in [0, 0.1) is 0 Å². The highest BCUT2D eigenvalue weighted by Gasteiger charge is 2.19. The number of rotatable bonds is 5. The summed E-state index contributed by atoms with van der Waals surface area (Å²) in [5.74, 6) is 0.626. The van der Waals surface area contributed by atoms with Crippen molar-refractivity contribution in [1.82, 2.24) is 4.90 Å². The van der Waals surface area contributed by atoms with Crippen LogP contribution in [0.25, 0.3) is 11.1 Å². The number of carbonyl (C=O) groups is 1. The molecular formula is C17H19NO2S2. The third kappa shape index (κ3) is 3.84. The molecule has 0 N–H and O–H groups in total. The maximum atomic E-state index is 12.2. The molecule has 0 spiro atoms. The molecule has 1 atom stereocenters. The number of hydrogen-bond donors (Lipinski definition) is 0. The van der Waals surface area contributed by atoms with E-state index >= 15 is 0 Å². The van der Waals surface area contributed by atoms with Crippen LogP contribution in [-0.2, 0) is 21.3 Å². The van der Waals surface area contributed by atoms with Gasteiger partial charge in [-0.15, -0.1) is 0 Å². The first-order valence-corrected chi connectivity index (χ1v) is 9.90. The van der Waals surface area contributed by atoms with E-state index in [1.807, 2.05) is 17.0 Å². The van der Waals surface area contributed by atoms with Gasteiger partial charge in [0, 0.05) is 29.6 Å². The number of thiophene rings is 1. The maximum Gasteiger partial charge on any atom is 0.235 e. The normalized spacial score (nSPS) is 15.9. The minimum absolute atomic E-state index is 0.0331. The summed E-state index contributed by atoms with van der Waals surface area (Å²) in [4.78, 5) is 13.8. The Labute approximate surface area is 137 Å². The van der Waals surface area contributed by atoms with E-state index in [1.54, 1.807) is 11.3 Å². The molecule has 1 aromatic carbocycles. The first kappa shape index (κ1) is 15.4. The van der Waals surface area contributed by atoms with Crippen molar-refractivity contribution in [3.8, 4) is 11.1 Å². The molecule has 1 saturated heterocycles. The van der Waals surface area contributed by atoms with Crippen LogP contribution in [0.5, 0.6) is 0 Å². The van der Waals surface area contributed by atoms with Crippen LogP contribution in [0.1, 0.15) is 18.4 Å². The molecule has 1 amide bonds. The van der Waals surface area contributed by atoms with Crippen molar-refractivity contribution in [1.29, 1.82) is 0 Å². The van der Waals surface area contributed by atoms with Crippen LogP contribution in [0.2, 0.25) is 0 Å². The summed E-state index contributed by atoms with van der Waals surface area (Å²) in [6.07, 6.45) is 2.14. The zero-order valence-corrected chi connectivity index (χ0v) is 14.0. The number of likely N-dealkylation sites (tertiary alicyclic amines) is 1. The minimum Gasteiger partial charge on any atom is -0.342 e. The van der Waals surface area contributed by atoms with Gasteiger partial charge in [0.15, 0.2) is 0 Å². The van der Waals surface area contributed by atoms with Crippen molar-refractivity contribution in [3.63, 3.8) is 0 Å². The molecule has 1 unspecified atom stereocenters. The van der Waals surface area contributed by atoms with E-state index < -0.39 is 10.8 Å². The van der Waals surface area contributed by atoms with Crippen molar-refractivity contribution in [2.45, 2.75) is 18.6 Å². The van der Waals surface area contributed by atoms with Crippen molar-refractivity contribution in [3.05, 3.63) is 46.7 Å². The van der Waals surface area contributed by atoms with E-state index in [1.165, 1.54) is 11.1 Å². The SMILES string of the molecule is O=C(CS(=O)Cc1ccc(-c2ccsc2)cc1)N1CCCC1. The Balaban J connectivity index is 1.56. The molecule has 0 radical (unpaired) electrons. The molecule has 0 saturated carbocycles. The van der Waals surface area contributed by atoms with Gasteiger partial charge in [0.05, 0.1) is 0 Å². The third-order valence-electron chi connectivity index (χ3n) is 3.88. The van der Waals surface area contributed by atoms with Gasteiger partial charge in [-0.1, -0.05) is 24.3 Å². The highest BCUT2D eigenvalue weighted by atomic mass is 32.2. The van der Waals surface area contributed by atoms with Gasteiger partial charge in [-0.3, -0.25) is 9.00 Å². The van der Waals surface area contributed by atoms with Crippen molar-refractivity contribution < 1.29 is 9.00 Å². The Hall–Kier alpha value is -1.46. The summed E-state index contributed by atoms with van der Waals surface area (Å²) in [5, 5.41) is 4.17.